The number of anilines is 2. The van der Waals surface area contributed by atoms with Gasteiger partial charge in [0.25, 0.3) is 11.8 Å². The number of methoxy groups -OCH3 is 2. The van der Waals surface area contributed by atoms with Gasteiger partial charge in [0.05, 0.1) is 14.2 Å². The summed E-state index contributed by atoms with van der Waals surface area (Å²) in [5.41, 5.74) is 3.51. The van der Waals surface area contributed by atoms with Crippen LogP contribution in [0.25, 0.3) is 6.08 Å². The van der Waals surface area contributed by atoms with Gasteiger partial charge in [0.1, 0.15) is 5.57 Å². The summed E-state index contributed by atoms with van der Waals surface area (Å²) in [6.45, 7) is 3.77. The Balaban J connectivity index is 2.04. The lowest BCUT2D eigenvalue weighted by Crippen LogP contribution is -2.26. The van der Waals surface area contributed by atoms with Crippen LogP contribution in [0.4, 0.5) is 11.4 Å². The monoisotopic (exact) mass is 430 g/mol. The van der Waals surface area contributed by atoms with Crippen LogP contribution in [0.3, 0.4) is 0 Å². The zero-order valence-corrected chi connectivity index (χ0v) is 18.6. The summed E-state index contributed by atoms with van der Waals surface area (Å²) in [7, 11) is 3.04. The van der Waals surface area contributed by atoms with Crippen LogP contribution in [-0.2, 0) is 9.59 Å². The van der Waals surface area contributed by atoms with E-state index in [1.54, 1.807) is 30.3 Å². The molecule has 0 saturated carbocycles. The van der Waals surface area contributed by atoms with Crippen LogP contribution in [0, 0.1) is 13.8 Å². The number of carbonyl (C=O) groups is 2. The summed E-state index contributed by atoms with van der Waals surface area (Å²) in [6.07, 6.45) is 1.50. The average Bonchev–Trinajstić information content (AvgIpc) is 2.79. The maximum Gasteiger partial charge on any atom is 0.261 e. The maximum absolute atomic E-state index is 13.2. The van der Waals surface area contributed by atoms with Crippen molar-refractivity contribution in [2.45, 2.75) is 13.8 Å². The van der Waals surface area contributed by atoms with E-state index in [2.05, 4.69) is 10.6 Å². The Kier molecular flexibility index (Phi) is 7.29. The first kappa shape index (κ1) is 22.6. The number of aryl methyl sites for hydroxylation is 2. The third-order valence-corrected chi connectivity index (χ3v) is 5.01. The molecule has 0 unspecified atom stereocenters. The highest BCUT2D eigenvalue weighted by atomic mass is 16.5. The third-order valence-electron chi connectivity index (χ3n) is 5.01. The van der Waals surface area contributed by atoms with Crippen molar-refractivity contribution in [3.8, 4) is 11.5 Å². The molecule has 0 fully saturated rings. The van der Waals surface area contributed by atoms with Crippen molar-refractivity contribution in [3.63, 3.8) is 0 Å². The van der Waals surface area contributed by atoms with Crippen LogP contribution in [0.5, 0.6) is 11.5 Å². The summed E-state index contributed by atoms with van der Waals surface area (Å²) in [4.78, 5) is 26.5. The van der Waals surface area contributed by atoms with E-state index < -0.39 is 11.8 Å². The number of benzene rings is 3. The van der Waals surface area contributed by atoms with Gasteiger partial charge in [-0.15, -0.1) is 0 Å². The van der Waals surface area contributed by atoms with Crippen LogP contribution >= 0.6 is 0 Å². The SMILES string of the molecule is COc1cccc(C=C(C(=O)Nc2ccccc2C)C(=O)Nc2ccccc2C)c1OC. The molecular weight excluding hydrogens is 404 g/mol. The van der Waals surface area contributed by atoms with Crippen LogP contribution in [0.15, 0.2) is 72.3 Å². The molecule has 2 amide bonds. The van der Waals surface area contributed by atoms with Crippen molar-refractivity contribution in [3.05, 3.63) is 89.0 Å². The van der Waals surface area contributed by atoms with Gasteiger partial charge in [-0.25, -0.2) is 0 Å². The molecule has 3 aromatic rings. The Hall–Kier alpha value is -4.06. The predicted molar refractivity (Wildman–Crippen MR) is 127 cm³/mol. The Bertz CT molecular complexity index is 1110. The van der Waals surface area contributed by atoms with Gasteiger partial charge >= 0.3 is 0 Å². The number of amides is 2. The smallest absolute Gasteiger partial charge is 0.261 e. The number of ether oxygens (including phenoxy) is 2. The second-order valence-corrected chi connectivity index (χ2v) is 7.18. The number of hydrogen-bond donors (Lipinski definition) is 2. The molecule has 3 aromatic carbocycles. The summed E-state index contributed by atoms with van der Waals surface area (Å²) >= 11 is 0. The van der Waals surface area contributed by atoms with Crippen LogP contribution in [0.1, 0.15) is 16.7 Å². The molecule has 2 N–H and O–H groups in total. The second-order valence-electron chi connectivity index (χ2n) is 7.18. The van der Waals surface area contributed by atoms with E-state index in [4.69, 9.17) is 9.47 Å². The van der Waals surface area contributed by atoms with Crippen LogP contribution < -0.4 is 20.1 Å². The normalized spacial score (nSPS) is 10.1. The van der Waals surface area contributed by atoms with E-state index in [9.17, 15) is 9.59 Å². The van der Waals surface area contributed by atoms with Crippen molar-refractivity contribution >= 4 is 29.3 Å². The van der Waals surface area contributed by atoms with Crippen LogP contribution in [-0.4, -0.2) is 26.0 Å². The molecule has 6 heteroatoms. The van der Waals surface area contributed by atoms with Gasteiger partial charge in [-0.2, -0.15) is 0 Å². The molecule has 0 aliphatic rings. The lowest BCUT2D eigenvalue weighted by atomic mass is 10.1. The first-order valence-corrected chi connectivity index (χ1v) is 10.1. The van der Waals surface area contributed by atoms with Crippen LogP contribution in [0.2, 0.25) is 0 Å². The van der Waals surface area contributed by atoms with E-state index in [1.807, 2.05) is 50.2 Å². The molecule has 0 radical (unpaired) electrons. The predicted octanol–water partition coefficient (Wildman–Crippen LogP) is 4.98. The quantitative estimate of drug-likeness (QED) is 0.315. The van der Waals surface area contributed by atoms with Crippen molar-refractivity contribution in [1.29, 1.82) is 0 Å². The fraction of sp³-hybridized carbons (Fsp3) is 0.154. The van der Waals surface area contributed by atoms with E-state index in [0.29, 0.717) is 28.4 Å². The standard InChI is InChI=1S/C26H26N2O4/c1-17-10-5-7-13-21(17)27-25(29)20(26(30)28-22-14-8-6-11-18(22)2)16-19-12-9-15-23(31-3)24(19)32-4/h5-16H,1-4H3,(H,27,29)(H,28,30). The minimum absolute atomic E-state index is 0.0666. The van der Waals surface area contributed by atoms with Gasteiger partial charge in [-0.05, 0) is 49.2 Å². The third kappa shape index (κ3) is 5.16. The van der Waals surface area contributed by atoms with E-state index in [1.165, 1.54) is 20.3 Å². The van der Waals surface area contributed by atoms with Crippen molar-refractivity contribution in [2.24, 2.45) is 0 Å². The molecule has 0 bridgehead atoms. The van der Waals surface area contributed by atoms with Gasteiger partial charge in [-0.1, -0.05) is 48.5 Å². The van der Waals surface area contributed by atoms with E-state index in [0.717, 1.165) is 11.1 Å². The van der Waals surface area contributed by atoms with Gasteiger partial charge in [0.15, 0.2) is 11.5 Å². The molecule has 0 aromatic heterocycles. The molecule has 3 rings (SSSR count). The molecule has 6 nitrogen and oxygen atoms in total. The summed E-state index contributed by atoms with van der Waals surface area (Å²) in [6, 6.07) is 20.0. The molecule has 0 saturated heterocycles. The number of nitrogens with one attached hydrogen (secondary N) is 2. The Morgan fingerprint density at radius 1 is 0.719 bits per heavy atom. The van der Waals surface area contributed by atoms with Crippen molar-refractivity contribution < 1.29 is 19.1 Å². The largest absolute Gasteiger partial charge is 0.493 e. The highest BCUT2D eigenvalue weighted by Gasteiger charge is 2.21. The lowest BCUT2D eigenvalue weighted by molar-refractivity contribution is -0.118. The number of hydrogen-bond acceptors (Lipinski definition) is 4. The lowest BCUT2D eigenvalue weighted by Gasteiger charge is -2.14. The van der Waals surface area contributed by atoms with Crippen molar-refractivity contribution in [2.75, 3.05) is 24.9 Å². The fourth-order valence-electron chi connectivity index (χ4n) is 3.22. The molecule has 0 aliphatic carbocycles. The van der Waals surface area contributed by atoms with Gasteiger partial charge < -0.3 is 20.1 Å². The number of carbonyl (C=O) groups excluding carboxylic acids is 2. The Labute approximate surface area is 187 Å². The maximum atomic E-state index is 13.2. The highest BCUT2D eigenvalue weighted by molar-refractivity contribution is 6.29. The Morgan fingerprint density at radius 3 is 1.72 bits per heavy atom. The molecular formula is C26H26N2O4. The van der Waals surface area contributed by atoms with Crippen molar-refractivity contribution in [1.82, 2.24) is 0 Å². The zero-order valence-electron chi connectivity index (χ0n) is 18.6. The summed E-state index contributed by atoms with van der Waals surface area (Å²) in [5.74, 6) is -0.135. The van der Waals surface area contributed by atoms with E-state index >= 15 is 0 Å². The van der Waals surface area contributed by atoms with Gasteiger partial charge in [0.2, 0.25) is 0 Å². The molecule has 0 spiro atoms. The highest BCUT2D eigenvalue weighted by Crippen LogP contribution is 2.32. The van der Waals surface area contributed by atoms with E-state index in [-0.39, 0.29) is 5.57 Å². The number of rotatable bonds is 7. The Morgan fingerprint density at radius 2 is 1.25 bits per heavy atom. The average molecular weight is 431 g/mol. The molecule has 0 aliphatic heterocycles. The summed E-state index contributed by atoms with van der Waals surface area (Å²) in [5, 5.41) is 5.68. The zero-order chi connectivity index (χ0) is 23.1. The minimum atomic E-state index is -0.532. The summed E-state index contributed by atoms with van der Waals surface area (Å²) < 4.78 is 10.8. The molecule has 0 heterocycles. The van der Waals surface area contributed by atoms with Gasteiger partial charge in [0, 0.05) is 16.9 Å². The molecule has 164 valence electrons. The fourth-order valence-corrected chi connectivity index (χ4v) is 3.22. The minimum Gasteiger partial charge on any atom is -0.493 e. The van der Waals surface area contributed by atoms with Gasteiger partial charge in [-0.3, -0.25) is 9.59 Å². The molecule has 0 atom stereocenters. The molecule has 32 heavy (non-hydrogen) atoms. The first-order chi connectivity index (χ1) is 15.4. The second kappa shape index (κ2) is 10.3. The number of para-hydroxylation sites is 3. The first-order valence-electron chi connectivity index (χ1n) is 10.1. The topological polar surface area (TPSA) is 76.7 Å².